The number of nitrogens with two attached hydrogens (primary N) is 1. The van der Waals surface area contributed by atoms with E-state index in [1.807, 2.05) is 22.7 Å². The predicted molar refractivity (Wildman–Crippen MR) is 86.9 cm³/mol. The topological polar surface area (TPSA) is 46.6 Å². The lowest BCUT2D eigenvalue weighted by Crippen LogP contribution is -2.30. The molecule has 4 rings (SSSR count). The molecular formula is C15H20Cl2N4. The van der Waals surface area contributed by atoms with Crippen molar-refractivity contribution in [3.63, 3.8) is 0 Å². The number of halogens is 2. The Morgan fingerprint density at radius 3 is 2.90 bits per heavy atom. The van der Waals surface area contributed by atoms with Crippen LogP contribution in [0.4, 0.5) is 0 Å². The van der Waals surface area contributed by atoms with Gasteiger partial charge in [-0.2, -0.15) is 0 Å². The molecule has 2 N–H and O–H groups in total. The molecule has 0 aromatic carbocycles. The van der Waals surface area contributed by atoms with Gasteiger partial charge in [-0.15, -0.1) is 12.4 Å². The molecular weight excluding hydrogens is 307 g/mol. The molecule has 2 aliphatic rings. The average Bonchev–Trinajstić information content (AvgIpc) is 3.06. The van der Waals surface area contributed by atoms with Crippen molar-refractivity contribution >= 4 is 29.7 Å². The van der Waals surface area contributed by atoms with Gasteiger partial charge in [-0.05, 0) is 36.8 Å². The highest BCUT2D eigenvalue weighted by atomic mass is 35.5. The van der Waals surface area contributed by atoms with Crippen LogP contribution in [-0.2, 0) is 6.54 Å². The van der Waals surface area contributed by atoms with Crippen molar-refractivity contribution in [2.75, 3.05) is 13.1 Å². The first kappa shape index (κ1) is 15.1. The smallest absolute Gasteiger partial charge is 0.137 e. The summed E-state index contributed by atoms with van der Waals surface area (Å²) in [4.78, 5) is 7.16. The van der Waals surface area contributed by atoms with Crippen molar-refractivity contribution in [2.45, 2.75) is 25.4 Å². The number of rotatable bonds is 2. The second kappa shape index (κ2) is 5.76. The highest BCUT2D eigenvalue weighted by Crippen LogP contribution is 2.37. The first-order valence-electron chi connectivity index (χ1n) is 7.30. The number of hydrogen-bond acceptors (Lipinski definition) is 3. The maximum absolute atomic E-state index is 6.19. The summed E-state index contributed by atoms with van der Waals surface area (Å²) >= 11 is 6.01. The van der Waals surface area contributed by atoms with Gasteiger partial charge in [-0.3, -0.25) is 4.90 Å². The summed E-state index contributed by atoms with van der Waals surface area (Å²) in [5.74, 6) is 1.50. The molecule has 1 saturated heterocycles. The molecule has 21 heavy (non-hydrogen) atoms. The Morgan fingerprint density at radius 2 is 2.10 bits per heavy atom. The van der Waals surface area contributed by atoms with Gasteiger partial charge in [-0.25, -0.2) is 4.98 Å². The molecule has 0 radical (unpaired) electrons. The van der Waals surface area contributed by atoms with Gasteiger partial charge in [0.05, 0.1) is 10.7 Å². The Balaban J connectivity index is 0.00000132. The molecule has 1 aliphatic carbocycles. The summed E-state index contributed by atoms with van der Waals surface area (Å²) in [6.07, 6.45) is 6.48. The van der Waals surface area contributed by atoms with Gasteiger partial charge in [0.15, 0.2) is 0 Å². The zero-order valence-corrected chi connectivity index (χ0v) is 13.4. The molecule has 114 valence electrons. The predicted octanol–water partition coefficient (Wildman–Crippen LogP) is 2.58. The zero-order valence-electron chi connectivity index (χ0n) is 11.8. The second-order valence-electron chi connectivity index (χ2n) is 6.20. The van der Waals surface area contributed by atoms with Gasteiger partial charge in [0.25, 0.3) is 0 Å². The second-order valence-corrected chi connectivity index (χ2v) is 6.64. The zero-order chi connectivity index (χ0) is 13.7. The van der Waals surface area contributed by atoms with E-state index in [0.29, 0.717) is 12.0 Å². The Morgan fingerprint density at radius 1 is 1.24 bits per heavy atom. The van der Waals surface area contributed by atoms with Crippen molar-refractivity contribution in [2.24, 2.45) is 17.6 Å². The Bertz CT molecular complexity index is 642. The molecule has 0 amide bonds. The van der Waals surface area contributed by atoms with E-state index in [-0.39, 0.29) is 12.4 Å². The van der Waals surface area contributed by atoms with Crippen LogP contribution in [0.1, 0.15) is 18.5 Å². The van der Waals surface area contributed by atoms with Gasteiger partial charge in [-0.1, -0.05) is 11.6 Å². The summed E-state index contributed by atoms with van der Waals surface area (Å²) in [5, 5.41) is 0.739. The van der Waals surface area contributed by atoms with E-state index in [9.17, 15) is 0 Å². The maximum Gasteiger partial charge on any atom is 0.137 e. The lowest BCUT2D eigenvalue weighted by Gasteiger charge is -2.16. The molecule has 2 fully saturated rings. The number of fused-ring (bicyclic) bond motifs is 2. The van der Waals surface area contributed by atoms with Crippen LogP contribution in [-0.4, -0.2) is 33.4 Å². The van der Waals surface area contributed by atoms with Gasteiger partial charge < -0.3 is 10.1 Å². The summed E-state index contributed by atoms with van der Waals surface area (Å²) in [6.45, 7) is 3.21. The fourth-order valence-corrected chi connectivity index (χ4v) is 4.02. The standard InChI is InChI=1S/C15H19ClN4.ClH/c16-11-2-4-15-18-12(8-20(15)6-11)7-19-5-10-1-3-14(17)13(10)9-19;/h2,4,6,8,10,13-14H,1,3,5,7,9,17H2;1H. The van der Waals surface area contributed by atoms with Crippen molar-refractivity contribution in [1.29, 1.82) is 0 Å². The first-order valence-corrected chi connectivity index (χ1v) is 7.68. The number of pyridine rings is 1. The van der Waals surface area contributed by atoms with E-state index in [2.05, 4.69) is 16.1 Å². The minimum atomic E-state index is 0. The van der Waals surface area contributed by atoms with E-state index in [1.54, 1.807) is 0 Å². The first-order chi connectivity index (χ1) is 9.69. The van der Waals surface area contributed by atoms with Gasteiger partial charge >= 0.3 is 0 Å². The van der Waals surface area contributed by atoms with Gasteiger partial charge in [0, 0.05) is 38.1 Å². The van der Waals surface area contributed by atoms with Crippen LogP contribution in [0.2, 0.25) is 5.02 Å². The monoisotopic (exact) mass is 326 g/mol. The van der Waals surface area contributed by atoms with E-state index in [0.717, 1.165) is 35.4 Å². The Labute approximate surface area is 135 Å². The van der Waals surface area contributed by atoms with Gasteiger partial charge in [0.1, 0.15) is 5.65 Å². The molecule has 2 aromatic heterocycles. The number of aromatic nitrogens is 2. The molecule has 2 aromatic rings. The van der Waals surface area contributed by atoms with E-state index < -0.39 is 0 Å². The quantitative estimate of drug-likeness (QED) is 0.922. The molecule has 0 spiro atoms. The average molecular weight is 327 g/mol. The third-order valence-corrected chi connectivity index (χ3v) is 5.06. The van der Waals surface area contributed by atoms with Crippen molar-refractivity contribution < 1.29 is 0 Å². The molecule has 4 nitrogen and oxygen atoms in total. The minimum absolute atomic E-state index is 0. The highest BCUT2D eigenvalue weighted by Gasteiger charge is 2.40. The largest absolute Gasteiger partial charge is 0.327 e. The summed E-state index contributed by atoms with van der Waals surface area (Å²) in [5.41, 5.74) is 8.26. The van der Waals surface area contributed by atoms with Crippen LogP contribution in [0, 0.1) is 11.8 Å². The lowest BCUT2D eigenvalue weighted by atomic mass is 9.98. The molecule has 3 atom stereocenters. The SMILES string of the molecule is Cl.NC1CCC2CN(Cc3cn4cc(Cl)ccc4n3)CC12. The fraction of sp³-hybridized carbons (Fsp3) is 0.533. The highest BCUT2D eigenvalue weighted by molar-refractivity contribution is 6.30. The molecule has 1 saturated carbocycles. The van der Waals surface area contributed by atoms with E-state index in [4.69, 9.17) is 17.3 Å². The molecule has 6 heteroatoms. The fourth-order valence-electron chi connectivity index (χ4n) is 3.85. The van der Waals surface area contributed by atoms with E-state index >= 15 is 0 Å². The maximum atomic E-state index is 6.19. The van der Waals surface area contributed by atoms with Crippen LogP contribution >= 0.6 is 24.0 Å². The van der Waals surface area contributed by atoms with Crippen LogP contribution in [0.25, 0.3) is 5.65 Å². The number of nitrogens with zero attached hydrogens (tertiary/aromatic N) is 3. The van der Waals surface area contributed by atoms with Crippen LogP contribution in [0.5, 0.6) is 0 Å². The Hall–Kier alpha value is -0.810. The van der Waals surface area contributed by atoms with Crippen LogP contribution in [0.3, 0.4) is 0 Å². The van der Waals surface area contributed by atoms with Crippen LogP contribution < -0.4 is 5.73 Å². The third-order valence-electron chi connectivity index (χ3n) is 4.84. The Kier molecular flexibility index (Phi) is 4.14. The normalized spacial score (nSPS) is 28.8. The van der Waals surface area contributed by atoms with Crippen molar-refractivity contribution in [3.05, 3.63) is 35.2 Å². The van der Waals surface area contributed by atoms with Gasteiger partial charge in [0.2, 0.25) is 0 Å². The summed E-state index contributed by atoms with van der Waals surface area (Å²) < 4.78 is 2.00. The third kappa shape index (κ3) is 2.78. The number of imidazole rings is 1. The van der Waals surface area contributed by atoms with E-state index in [1.165, 1.54) is 19.4 Å². The molecule has 0 bridgehead atoms. The summed E-state index contributed by atoms with van der Waals surface area (Å²) in [6, 6.07) is 4.25. The van der Waals surface area contributed by atoms with Crippen LogP contribution in [0.15, 0.2) is 24.5 Å². The lowest BCUT2D eigenvalue weighted by molar-refractivity contribution is 0.295. The number of hydrogen-bond donors (Lipinski definition) is 1. The van der Waals surface area contributed by atoms with Crippen molar-refractivity contribution in [3.8, 4) is 0 Å². The van der Waals surface area contributed by atoms with Crippen molar-refractivity contribution in [1.82, 2.24) is 14.3 Å². The molecule has 3 heterocycles. The number of likely N-dealkylation sites (tertiary alicyclic amines) is 1. The summed E-state index contributed by atoms with van der Waals surface area (Å²) in [7, 11) is 0. The minimum Gasteiger partial charge on any atom is -0.327 e. The molecule has 1 aliphatic heterocycles. The molecule has 3 unspecified atom stereocenters.